The molecule has 0 radical (unpaired) electrons. The quantitative estimate of drug-likeness (QED) is 0.754. The molecule has 0 aliphatic rings. The van der Waals surface area contributed by atoms with Crippen LogP contribution in [-0.2, 0) is 0 Å². The maximum atomic E-state index is 12.8. The average molecular weight is 242 g/mol. The maximum absolute atomic E-state index is 12.8. The molecule has 0 amide bonds. The van der Waals surface area contributed by atoms with Crippen LogP contribution in [0.2, 0.25) is 5.02 Å². The van der Waals surface area contributed by atoms with E-state index < -0.39 is 5.82 Å². The average Bonchev–Trinajstić information content (AvgIpc) is 2.70. The van der Waals surface area contributed by atoms with Crippen molar-refractivity contribution in [1.29, 1.82) is 0 Å². The number of carbonyl (C=O) groups excluding carboxylic acids is 1. The zero-order valence-corrected chi connectivity index (χ0v) is 8.98. The number of aromatic nitrogens is 1. The fraction of sp³-hybridized carbons (Fsp3) is 0. The number of hydrogen-bond donors (Lipinski definition) is 0. The molecule has 0 aromatic carbocycles. The molecule has 0 spiro atoms. The molecule has 5 heteroatoms. The smallest absolute Gasteiger partial charge is 0.160 e. The molecule has 0 aliphatic carbocycles. The van der Waals surface area contributed by atoms with Crippen LogP contribution >= 0.6 is 22.9 Å². The second kappa shape index (κ2) is 4.08. The van der Waals surface area contributed by atoms with Crippen LogP contribution in [-0.4, -0.2) is 11.3 Å². The number of halogens is 2. The zero-order chi connectivity index (χ0) is 10.8. The SMILES string of the molecule is O=Cc1ccc(-c2cc(Cl)c(F)cn2)s1. The lowest BCUT2D eigenvalue weighted by Gasteiger charge is -1.97. The van der Waals surface area contributed by atoms with E-state index >= 15 is 0 Å². The van der Waals surface area contributed by atoms with E-state index in [1.807, 2.05) is 0 Å². The van der Waals surface area contributed by atoms with Crippen LogP contribution in [0.25, 0.3) is 10.6 Å². The van der Waals surface area contributed by atoms with E-state index in [-0.39, 0.29) is 5.02 Å². The van der Waals surface area contributed by atoms with Crippen LogP contribution in [0.5, 0.6) is 0 Å². The fourth-order valence-electron chi connectivity index (χ4n) is 1.10. The van der Waals surface area contributed by atoms with Gasteiger partial charge >= 0.3 is 0 Å². The van der Waals surface area contributed by atoms with Gasteiger partial charge in [0.05, 0.1) is 26.7 Å². The third kappa shape index (κ3) is 2.06. The molecule has 2 heterocycles. The number of hydrogen-bond acceptors (Lipinski definition) is 3. The third-order valence-electron chi connectivity index (χ3n) is 1.80. The molecule has 0 unspecified atom stereocenters. The first-order valence-corrected chi connectivity index (χ1v) is 5.26. The molecular weight excluding hydrogens is 237 g/mol. The van der Waals surface area contributed by atoms with Crippen LogP contribution in [0.4, 0.5) is 4.39 Å². The fourth-order valence-corrected chi connectivity index (χ4v) is 2.05. The minimum absolute atomic E-state index is 0.0288. The van der Waals surface area contributed by atoms with E-state index in [2.05, 4.69) is 4.98 Å². The Bertz CT molecular complexity index is 512. The highest BCUT2D eigenvalue weighted by atomic mass is 35.5. The second-order valence-corrected chi connectivity index (χ2v) is 4.33. The van der Waals surface area contributed by atoms with Gasteiger partial charge in [0, 0.05) is 0 Å². The number of pyridine rings is 1. The van der Waals surface area contributed by atoms with Gasteiger partial charge in [0.1, 0.15) is 0 Å². The molecule has 0 saturated carbocycles. The minimum atomic E-state index is -0.549. The summed E-state index contributed by atoms with van der Waals surface area (Å²) < 4.78 is 12.8. The van der Waals surface area contributed by atoms with Gasteiger partial charge in [-0.25, -0.2) is 4.39 Å². The summed E-state index contributed by atoms with van der Waals surface area (Å²) in [5.41, 5.74) is 0.569. The Morgan fingerprint density at radius 2 is 2.27 bits per heavy atom. The van der Waals surface area contributed by atoms with Crippen molar-refractivity contribution < 1.29 is 9.18 Å². The largest absolute Gasteiger partial charge is 0.297 e. The van der Waals surface area contributed by atoms with Crippen LogP contribution in [0.15, 0.2) is 24.4 Å². The lowest BCUT2D eigenvalue weighted by Crippen LogP contribution is -1.83. The van der Waals surface area contributed by atoms with Crippen molar-refractivity contribution in [3.8, 4) is 10.6 Å². The zero-order valence-electron chi connectivity index (χ0n) is 7.41. The van der Waals surface area contributed by atoms with Gasteiger partial charge in [-0.15, -0.1) is 11.3 Å². The molecule has 76 valence electrons. The summed E-state index contributed by atoms with van der Waals surface area (Å²) in [5, 5.41) is 0.0288. The summed E-state index contributed by atoms with van der Waals surface area (Å²) in [4.78, 5) is 15.8. The molecule has 2 aromatic rings. The van der Waals surface area contributed by atoms with Gasteiger partial charge in [-0.2, -0.15) is 0 Å². The summed E-state index contributed by atoms with van der Waals surface area (Å²) in [5.74, 6) is -0.549. The van der Waals surface area contributed by atoms with Crippen LogP contribution in [0.3, 0.4) is 0 Å². The number of thiophene rings is 1. The lowest BCUT2D eigenvalue weighted by molar-refractivity contribution is 0.112. The van der Waals surface area contributed by atoms with Crippen molar-refractivity contribution in [2.24, 2.45) is 0 Å². The monoisotopic (exact) mass is 241 g/mol. The summed E-state index contributed by atoms with van der Waals surface area (Å²) >= 11 is 6.91. The number of carbonyl (C=O) groups is 1. The Labute approximate surface area is 94.3 Å². The molecule has 2 rings (SSSR count). The first-order chi connectivity index (χ1) is 7.20. The van der Waals surface area contributed by atoms with Crippen molar-refractivity contribution in [3.63, 3.8) is 0 Å². The minimum Gasteiger partial charge on any atom is -0.297 e. The molecule has 0 atom stereocenters. The van der Waals surface area contributed by atoms with Gasteiger partial charge in [0.15, 0.2) is 12.1 Å². The summed E-state index contributed by atoms with van der Waals surface area (Å²) in [6.45, 7) is 0. The highest BCUT2D eigenvalue weighted by Gasteiger charge is 2.06. The molecular formula is C10H5ClFNOS. The molecule has 0 aliphatic heterocycles. The van der Waals surface area contributed by atoms with E-state index in [9.17, 15) is 9.18 Å². The first kappa shape index (κ1) is 10.3. The van der Waals surface area contributed by atoms with Crippen LogP contribution in [0, 0.1) is 5.82 Å². The molecule has 0 N–H and O–H groups in total. The molecule has 0 bridgehead atoms. The van der Waals surface area contributed by atoms with Crippen molar-refractivity contribution in [2.45, 2.75) is 0 Å². The standard InChI is InChI=1S/C10H5ClFNOS/c11-7-3-9(13-4-8(7)12)10-2-1-6(5-14)15-10/h1-5H. The highest BCUT2D eigenvalue weighted by molar-refractivity contribution is 7.17. The van der Waals surface area contributed by atoms with E-state index in [0.717, 1.165) is 17.4 Å². The molecule has 2 aromatic heterocycles. The first-order valence-electron chi connectivity index (χ1n) is 4.07. The van der Waals surface area contributed by atoms with E-state index in [4.69, 9.17) is 11.6 Å². The molecule has 0 saturated heterocycles. The van der Waals surface area contributed by atoms with Crippen molar-refractivity contribution in [2.75, 3.05) is 0 Å². The molecule has 0 fully saturated rings. The van der Waals surface area contributed by atoms with Gasteiger partial charge in [-0.1, -0.05) is 11.6 Å². The Morgan fingerprint density at radius 1 is 1.47 bits per heavy atom. The molecule has 15 heavy (non-hydrogen) atoms. The van der Waals surface area contributed by atoms with Crippen molar-refractivity contribution >= 4 is 29.2 Å². The highest BCUT2D eigenvalue weighted by Crippen LogP contribution is 2.28. The van der Waals surface area contributed by atoms with E-state index in [1.165, 1.54) is 17.4 Å². The Kier molecular flexibility index (Phi) is 2.79. The summed E-state index contributed by atoms with van der Waals surface area (Å²) in [6, 6.07) is 4.88. The third-order valence-corrected chi connectivity index (χ3v) is 3.13. The number of aldehydes is 1. The Morgan fingerprint density at radius 3 is 2.87 bits per heavy atom. The topological polar surface area (TPSA) is 30.0 Å². The van der Waals surface area contributed by atoms with Gasteiger partial charge in [0.25, 0.3) is 0 Å². The van der Waals surface area contributed by atoms with Gasteiger partial charge < -0.3 is 0 Å². The van der Waals surface area contributed by atoms with Crippen LogP contribution in [0.1, 0.15) is 9.67 Å². The van der Waals surface area contributed by atoms with E-state index in [0.29, 0.717) is 10.6 Å². The van der Waals surface area contributed by atoms with E-state index in [1.54, 1.807) is 12.1 Å². The summed E-state index contributed by atoms with van der Waals surface area (Å²) in [7, 11) is 0. The van der Waals surface area contributed by atoms with Crippen LogP contribution < -0.4 is 0 Å². The number of nitrogens with zero attached hydrogens (tertiary/aromatic N) is 1. The van der Waals surface area contributed by atoms with Gasteiger partial charge in [-0.05, 0) is 18.2 Å². The lowest BCUT2D eigenvalue weighted by atomic mass is 10.3. The number of rotatable bonds is 2. The Balaban J connectivity index is 2.44. The van der Waals surface area contributed by atoms with Crippen molar-refractivity contribution in [1.82, 2.24) is 4.98 Å². The normalized spacial score (nSPS) is 10.3. The molecule has 2 nitrogen and oxygen atoms in total. The Hall–Kier alpha value is -1.26. The van der Waals surface area contributed by atoms with Gasteiger partial charge in [0.2, 0.25) is 0 Å². The van der Waals surface area contributed by atoms with Gasteiger partial charge in [-0.3, -0.25) is 9.78 Å². The predicted molar refractivity (Wildman–Crippen MR) is 57.9 cm³/mol. The predicted octanol–water partition coefficient (Wildman–Crippen LogP) is 3.42. The maximum Gasteiger partial charge on any atom is 0.160 e. The summed E-state index contributed by atoms with van der Waals surface area (Å²) in [6.07, 6.45) is 1.83. The second-order valence-electron chi connectivity index (χ2n) is 2.80. The van der Waals surface area contributed by atoms with Crippen molar-refractivity contribution in [3.05, 3.63) is 40.1 Å².